The quantitative estimate of drug-likeness (QED) is 0.744. The smallest absolute Gasteiger partial charge is 0.406 e. The molecule has 3 heterocycles. The molecule has 0 atom stereocenters. The lowest BCUT2D eigenvalue weighted by Crippen LogP contribution is -2.28. The van der Waals surface area contributed by atoms with E-state index in [1.807, 2.05) is 6.20 Å². The van der Waals surface area contributed by atoms with Crippen LogP contribution in [0.5, 0.6) is 5.75 Å². The summed E-state index contributed by atoms with van der Waals surface area (Å²) < 4.78 is 44.1. The molecule has 0 saturated carbocycles. The molecule has 0 radical (unpaired) electrons. The monoisotopic (exact) mass is 390 g/mol. The number of aryl methyl sites for hydroxylation is 1. The van der Waals surface area contributed by atoms with Gasteiger partial charge in [-0.25, -0.2) is 0 Å². The van der Waals surface area contributed by atoms with Gasteiger partial charge in [-0.1, -0.05) is 0 Å². The zero-order valence-corrected chi connectivity index (χ0v) is 15.0. The minimum absolute atomic E-state index is 0.195. The second kappa shape index (κ2) is 6.74. The summed E-state index contributed by atoms with van der Waals surface area (Å²) >= 11 is 0. The highest BCUT2D eigenvalue weighted by Gasteiger charge is 2.31. The normalized spacial score (nSPS) is 13.7. The molecule has 1 aromatic carbocycles. The second-order valence-electron chi connectivity index (χ2n) is 6.55. The minimum Gasteiger partial charge on any atom is -0.406 e. The maximum absolute atomic E-state index is 13.0. The van der Waals surface area contributed by atoms with Crippen molar-refractivity contribution < 1.29 is 17.9 Å². The predicted molar refractivity (Wildman–Crippen MR) is 97.7 cm³/mol. The summed E-state index contributed by atoms with van der Waals surface area (Å²) in [6.07, 6.45) is 1.95. The van der Waals surface area contributed by atoms with Crippen LogP contribution in [-0.2, 0) is 13.5 Å². The summed E-state index contributed by atoms with van der Waals surface area (Å²) in [5.41, 5.74) is 3.37. The molecule has 0 aliphatic carbocycles. The maximum atomic E-state index is 13.0. The highest BCUT2D eigenvalue weighted by Crippen LogP contribution is 2.33. The number of halogens is 3. The Morgan fingerprint density at radius 2 is 1.93 bits per heavy atom. The summed E-state index contributed by atoms with van der Waals surface area (Å²) in [7, 11) is 1.80. The lowest BCUT2D eigenvalue weighted by molar-refractivity contribution is -0.274. The third-order valence-corrected chi connectivity index (χ3v) is 4.58. The number of nitrogens with one attached hydrogen (secondary N) is 1. The Morgan fingerprint density at radius 3 is 2.57 bits per heavy atom. The third-order valence-electron chi connectivity index (χ3n) is 4.58. The summed E-state index contributed by atoms with van der Waals surface area (Å²) in [5.74, 6) is -0.337. The van der Waals surface area contributed by atoms with Crippen LogP contribution in [-0.4, -0.2) is 27.3 Å². The molecule has 0 unspecified atom stereocenters. The number of hydrogen-bond acceptors (Lipinski definition) is 4. The number of nitrogens with zero attached hydrogens (tertiary/aromatic N) is 3. The van der Waals surface area contributed by atoms with Crippen molar-refractivity contribution in [2.75, 3.05) is 11.9 Å². The van der Waals surface area contributed by atoms with E-state index in [2.05, 4.69) is 15.2 Å². The molecule has 9 heteroatoms. The number of pyridine rings is 1. The Bertz CT molecular complexity index is 1070. The van der Waals surface area contributed by atoms with Crippen LogP contribution in [0.1, 0.15) is 12.0 Å². The number of rotatable bonds is 3. The van der Waals surface area contributed by atoms with Gasteiger partial charge in [0, 0.05) is 48.4 Å². The van der Waals surface area contributed by atoms with Crippen molar-refractivity contribution in [3.63, 3.8) is 0 Å². The van der Waals surface area contributed by atoms with E-state index >= 15 is 0 Å². The van der Waals surface area contributed by atoms with Gasteiger partial charge < -0.3 is 10.1 Å². The van der Waals surface area contributed by atoms with Crippen molar-refractivity contribution in [3.8, 4) is 22.6 Å². The first kappa shape index (κ1) is 18.1. The fraction of sp³-hybridized carbons (Fsp3) is 0.263. The van der Waals surface area contributed by atoms with Crippen LogP contribution in [0.2, 0.25) is 0 Å². The summed E-state index contributed by atoms with van der Waals surface area (Å²) in [4.78, 5) is 13.0. The van der Waals surface area contributed by atoms with Crippen LogP contribution < -0.4 is 15.6 Å². The second-order valence-corrected chi connectivity index (χ2v) is 6.55. The molecule has 1 aliphatic heterocycles. The number of anilines is 1. The number of benzene rings is 1. The minimum atomic E-state index is -4.76. The van der Waals surface area contributed by atoms with E-state index in [-0.39, 0.29) is 11.3 Å². The Kier molecular flexibility index (Phi) is 4.37. The number of hydrogen-bond donors (Lipinski definition) is 1. The van der Waals surface area contributed by atoms with Crippen LogP contribution in [0.15, 0.2) is 47.7 Å². The molecule has 0 bridgehead atoms. The van der Waals surface area contributed by atoms with Gasteiger partial charge in [-0.2, -0.15) is 5.10 Å². The van der Waals surface area contributed by atoms with Gasteiger partial charge in [-0.05, 0) is 37.1 Å². The molecular weight excluding hydrogens is 373 g/mol. The van der Waals surface area contributed by atoms with Gasteiger partial charge in [0.15, 0.2) is 0 Å². The number of alkyl halides is 3. The van der Waals surface area contributed by atoms with Crippen LogP contribution in [0.4, 0.5) is 18.9 Å². The van der Waals surface area contributed by atoms with E-state index in [0.717, 1.165) is 29.8 Å². The van der Waals surface area contributed by atoms with Crippen molar-refractivity contribution in [1.29, 1.82) is 0 Å². The summed E-state index contributed by atoms with van der Waals surface area (Å²) in [5, 5.41) is 7.49. The van der Waals surface area contributed by atoms with E-state index in [4.69, 9.17) is 0 Å². The van der Waals surface area contributed by atoms with Crippen molar-refractivity contribution in [3.05, 3.63) is 58.8 Å². The van der Waals surface area contributed by atoms with Gasteiger partial charge in [0.25, 0.3) is 5.56 Å². The van der Waals surface area contributed by atoms with Crippen molar-refractivity contribution in [2.24, 2.45) is 7.05 Å². The first-order valence-corrected chi connectivity index (χ1v) is 8.69. The molecule has 146 valence electrons. The fourth-order valence-corrected chi connectivity index (χ4v) is 3.36. The van der Waals surface area contributed by atoms with E-state index < -0.39 is 6.36 Å². The van der Waals surface area contributed by atoms with Gasteiger partial charge in [0.2, 0.25) is 0 Å². The SMILES string of the molecule is Cn1cc(-c2cn(-c3ccc(OC(F)(F)F)cc3)c(=O)c3c2NCCC3)cn1. The van der Waals surface area contributed by atoms with Crippen LogP contribution in [0, 0.1) is 0 Å². The molecule has 0 saturated heterocycles. The molecule has 2 aromatic heterocycles. The lowest BCUT2D eigenvalue weighted by atomic mass is 9.99. The van der Waals surface area contributed by atoms with Crippen LogP contribution >= 0.6 is 0 Å². The van der Waals surface area contributed by atoms with E-state index in [9.17, 15) is 18.0 Å². The molecular formula is C19H17F3N4O2. The number of ether oxygens (including phenoxy) is 1. The van der Waals surface area contributed by atoms with Gasteiger partial charge in [-0.3, -0.25) is 14.0 Å². The zero-order chi connectivity index (χ0) is 19.9. The largest absolute Gasteiger partial charge is 0.573 e. The molecule has 4 rings (SSSR count). The van der Waals surface area contributed by atoms with Crippen LogP contribution in [0.3, 0.4) is 0 Å². The zero-order valence-electron chi connectivity index (χ0n) is 15.0. The maximum Gasteiger partial charge on any atom is 0.573 e. The lowest BCUT2D eigenvalue weighted by Gasteiger charge is -2.22. The number of aromatic nitrogens is 3. The molecule has 28 heavy (non-hydrogen) atoms. The number of fused-ring (bicyclic) bond motifs is 1. The molecule has 0 fully saturated rings. The van der Waals surface area contributed by atoms with Crippen molar-refractivity contribution >= 4 is 5.69 Å². The Labute approximate surface area is 158 Å². The topological polar surface area (TPSA) is 61.1 Å². The molecule has 0 spiro atoms. The van der Waals surface area contributed by atoms with Crippen LogP contribution in [0.25, 0.3) is 16.8 Å². The highest BCUT2D eigenvalue weighted by molar-refractivity contribution is 5.79. The van der Waals surface area contributed by atoms with Gasteiger partial charge in [0.05, 0.1) is 11.9 Å². The molecule has 3 aromatic rings. The Balaban J connectivity index is 1.82. The molecule has 0 amide bonds. The van der Waals surface area contributed by atoms with Crippen molar-refractivity contribution in [1.82, 2.24) is 14.3 Å². The first-order valence-electron chi connectivity index (χ1n) is 8.69. The predicted octanol–water partition coefficient (Wildman–Crippen LogP) is 3.49. The van der Waals surface area contributed by atoms with Gasteiger partial charge >= 0.3 is 6.36 Å². The summed E-state index contributed by atoms with van der Waals surface area (Å²) in [6, 6.07) is 5.24. The standard InChI is InChI=1S/C19H17F3N4O2/c1-25-10-12(9-24-25)16-11-26(18(27)15-3-2-8-23-17(15)16)13-4-6-14(7-5-13)28-19(20,21)22/h4-7,9-11,23H,2-3,8H2,1H3. The molecule has 6 nitrogen and oxygen atoms in total. The average Bonchev–Trinajstić information content (AvgIpc) is 3.08. The fourth-order valence-electron chi connectivity index (χ4n) is 3.36. The van der Waals surface area contributed by atoms with Crippen molar-refractivity contribution in [2.45, 2.75) is 19.2 Å². The van der Waals surface area contributed by atoms with Gasteiger partial charge in [-0.15, -0.1) is 13.2 Å². The van der Waals surface area contributed by atoms with E-state index in [0.29, 0.717) is 17.7 Å². The summed E-state index contributed by atoms with van der Waals surface area (Å²) in [6.45, 7) is 0.771. The van der Waals surface area contributed by atoms with Gasteiger partial charge in [0.1, 0.15) is 5.75 Å². The molecule has 1 N–H and O–H groups in total. The Morgan fingerprint density at radius 1 is 1.18 bits per heavy atom. The van der Waals surface area contributed by atoms with E-state index in [1.54, 1.807) is 24.1 Å². The third kappa shape index (κ3) is 3.47. The Hall–Kier alpha value is -3.23. The highest BCUT2D eigenvalue weighted by atomic mass is 19.4. The van der Waals surface area contributed by atoms with E-state index in [1.165, 1.54) is 28.8 Å². The average molecular weight is 390 g/mol. The first-order chi connectivity index (χ1) is 13.3. The molecule has 1 aliphatic rings.